The Bertz CT molecular complexity index is 661. The molecule has 0 saturated carbocycles. The Kier molecular flexibility index (Phi) is 4.31. The van der Waals surface area contributed by atoms with Crippen LogP contribution in [0.3, 0.4) is 0 Å². The van der Waals surface area contributed by atoms with Gasteiger partial charge in [0.2, 0.25) is 10.0 Å². The third-order valence-corrected chi connectivity index (χ3v) is 5.64. The Hall–Kier alpha value is -1.51. The van der Waals surface area contributed by atoms with Gasteiger partial charge < -0.3 is 10.2 Å². The van der Waals surface area contributed by atoms with Crippen molar-refractivity contribution >= 4 is 16.0 Å². The number of sulfonamides is 1. The molecule has 0 aliphatic carbocycles. The van der Waals surface area contributed by atoms with Crippen LogP contribution in [0.2, 0.25) is 0 Å². The number of hydrogen-bond donors (Lipinski definition) is 2. The Balaban J connectivity index is 2.27. The summed E-state index contributed by atoms with van der Waals surface area (Å²) in [4.78, 5) is 10.9. The van der Waals surface area contributed by atoms with Crippen molar-refractivity contribution in [3.05, 3.63) is 29.6 Å². The number of aliphatic carboxylic acids is 1. The summed E-state index contributed by atoms with van der Waals surface area (Å²) >= 11 is 0. The minimum atomic E-state index is -3.88. The number of aryl methyl sites for hydroxylation is 1. The number of carbonyl (C=O) groups is 1. The zero-order valence-corrected chi connectivity index (χ0v) is 12.2. The maximum Gasteiger partial charge on any atom is 0.309 e. The van der Waals surface area contributed by atoms with E-state index < -0.39 is 33.8 Å². The van der Waals surface area contributed by atoms with Crippen LogP contribution < -0.4 is 0 Å². The first-order valence-electron chi connectivity index (χ1n) is 6.40. The van der Waals surface area contributed by atoms with E-state index in [1.165, 1.54) is 13.0 Å². The fourth-order valence-corrected chi connectivity index (χ4v) is 4.13. The van der Waals surface area contributed by atoms with Gasteiger partial charge in [0.05, 0.1) is 16.9 Å². The SMILES string of the molecule is Cc1cc(F)ccc1S(=O)(=O)N1CC[C@H](C(=O)O)[C@H](O)C1. The van der Waals surface area contributed by atoms with Crippen LogP contribution in [0.25, 0.3) is 0 Å². The average molecular weight is 317 g/mol. The average Bonchev–Trinajstić information content (AvgIpc) is 2.37. The lowest BCUT2D eigenvalue weighted by atomic mass is 9.95. The number of piperidine rings is 1. The van der Waals surface area contributed by atoms with Crippen LogP contribution in [0, 0.1) is 18.7 Å². The van der Waals surface area contributed by atoms with Crippen molar-refractivity contribution in [1.82, 2.24) is 4.31 Å². The van der Waals surface area contributed by atoms with Crippen molar-refractivity contribution < 1.29 is 27.8 Å². The Labute approximate surface area is 121 Å². The van der Waals surface area contributed by atoms with Gasteiger partial charge in [-0.25, -0.2) is 12.8 Å². The molecule has 0 radical (unpaired) electrons. The summed E-state index contributed by atoms with van der Waals surface area (Å²) in [5.74, 6) is -2.64. The van der Waals surface area contributed by atoms with Crippen molar-refractivity contribution in [2.24, 2.45) is 5.92 Å². The quantitative estimate of drug-likeness (QED) is 0.851. The molecule has 0 bridgehead atoms. The number of halogens is 1. The van der Waals surface area contributed by atoms with E-state index in [4.69, 9.17) is 5.11 Å². The maximum atomic E-state index is 13.1. The highest BCUT2D eigenvalue weighted by Crippen LogP contribution is 2.26. The molecule has 0 unspecified atom stereocenters. The van der Waals surface area contributed by atoms with Gasteiger partial charge in [0.15, 0.2) is 0 Å². The summed E-state index contributed by atoms with van der Waals surface area (Å²) in [6.45, 7) is 1.21. The molecule has 2 N–H and O–H groups in total. The summed E-state index contributed by atoms with van der Waals surface area (Å²) in [6.07, 6.45) is -1.22. The van der Waals surface area contributed by atoms with E-state index in [2.05, 4.69) is 0 Å². The standard InChI is InChI=1S/C13H16FNO5S/c1-8-6-9(14)2-3-12(8)21(19,20)15-5-4-10(13(17)18)11(16)7-15/h2-3,6,10-11,16H,4-5,7H2,1H3,(H,17,18)/t10-,11+/m0/s1. The van der Waals surface area contributed by atoms with Crippen LogP contribution in [-0.4, -0.2) is 48.1 Å². The maximum absolute atomic E-state index is 13.1. The summed E-state index contributed by atoms with van der Waals surface area (Å²) in [6, 6.07) is 3.35. The van der Waals surface area contributed by atoms with E-state index in [0.717, 1.165) is 16.4 Å². The smallest absolute Gasteiger partial charge is 0.309 e. The molecule has 2 atom stereocenters. The van der Waals surface area contributed by atoms with Gasteiger partial charge in [0, 0.05) is 13.1 Å². The molecule has 1 heterocycles. The Morgan fingerprint density at radius 2 is 2.10 bits per heavy atom. The molecule has 1 aromatic carbocycles. The van der Waals surface area contributed by atoms with E-state index in [1.807, 2.05) is 0 Å². The number of aliphatic hydroxyl groups is 1. The lowest BCUT2D eigenvalue weighted by molar-refractivity contribution is -0.147. The first kappa shape index (κ1) is 15.9. The number of aliphatic hydroxyl groups excluding tert-OH is 1. The van der Waals surface area contributed by atoms with E-state index in [9.17, 15) is 22.7 Å². The molecule has 2 rings (SSSR count). The summed E-state index contributed by atoms with van der Waals surface area (Å²) in [5, 5.41) is 18.7. The number of β-amino-alcohol motifs (C(OH)–C–C–N with tert-alkyl or cyclic N) is 1. The molecule has 8 heteroatoms. The highest BCUT2D eigenvalue weighted by Gasteiger charge is 2.38. The Morgan fingerprint density at radius 3 is 2.62 bits per heavy atom. The second-order valence-corrected chi connectivity index (χ2v) is 6.98. The van der Waals surface area contributed by atoms with Crippen LogP contribution in [0.15, 0.2) is 23.1 Å². The zero-order chi connectivity index (χ0) is 15.8. The predicted octanol–water partition coefficient (Wildman–Crippen LogP) is 0.590. The number of benzene rings is 1. The topological polar surface area (TPSA) is 94.9 Å². The molecule has 1 fully saturated rings. The van der Waals surface area contributed by atoms with Crippen LogP contribution >= 0.6 is 0 Å². The molecule has 1 aliphatic heterocycles. The van der Waals surface area contributed by atoms with Gasteiger partial charge in [0.1, 0.15) is 5.82 Å². The molecule has 116 valence electrons. The predicted molar refractivity (Wildman–Crippen MR) is 71.6 cm³/mol. The van der Waals surface area contributed by atoms with Gasteiger partial charge in [-0.2, -0.15) is 4.31 Å². The third kappa shape index (κ3) is 3.07. The summed E-state index contributed by atoms with van der Waals surface area (Å²) < 4.78 is 39.1. The zero-order valence-electron chi connectivity index (χ0n) is 11.4. The molecular weight excluding hydrogens is 301 g/mol. The molecule has 0 aromatic heterocycles. The highest BCUT2D eigenvalue weighted by atomic mass is 32.2. The lowest BCUT2D eigenvalue weighted by Crippen LogP contribution is -2.48. The second-order valence-electron chi connectivity index (χ2n) is 5.07. The summed E-state index contributed by atoms with van der Waals surface area (Å²) in [5.41, 5.74) is 0.268. The van der Waals surface area contributed by atoms with Gasteiger partial charge in [-0.3, -0.25) is 4.79 Å². The van der Waals surface area contributed by atoms with E-state index in [1.54, 1.807) is 0 Å². The van der Waals surface area contributed by atoms with Crippen LogP contribution in [0.5, 0.6) is 0 Å². The van der Waals surface area contributed by atoms with E-state index >= 15 is 0 Å². The largest absolute Gasteiger partial charge is 0.481 e. The van der Waals surface area contributed by atoms with Crippen molar-refractivity contribution in [3.8, 4) is 0 Å². The normalized spacial score (nSPS) is 24.0. The molecular formula is C13H16FNO5S. The Morgan fingerprint density at radius 1 is 1.43 bits per heavy atom. The monoisotopic (exact) mass is 317 g/mol. The van der Waals surface area contributed by atoms with Gasteiger partial charge in [0.25, 0.3) is 0 Å². The lowest BCUT2D eigenvalue weighted by Gasteiger charge is -2.33. The number of nitrogens with zero attached hydrogens (tertiary/aromatic N) is 1. The number of hydrogen-bond acceptors (Lipinski definition) is 4. The molecule has 1 saturated heterocycles. The third-order valence-electron chi connectivity index (χ3n) is 3.62. The van der Waals surface area contributed by atoms with Crippen LogP contribution in [0.1, 0.15) is 12.0 Å². The highest BCUT2D eigenvalue weighted by molar-refractivity contribution is 7.89. The first-order valence-corrected chi connectivity index (χ1v) is 7.84. The van der Waals surface area contributed by atoms with Crippen molar-refractivity contribution in [2.45, 2.75) is 24.3 Å². The number of carboxylic acid groups (broad SMARTS) is 1. The first-order chi connectivity index (χ1) is 9.73. The van der Waals surface area contributed by atoms with Gasteiger partial charge in [-0.05, 0) is 37.1 Å². The molecule has 21 heavy (non-hydrogen) atoms. The van der Waals surface area contributed by atoms with Crippen molar-refractivity contribution in [1.29, 1.82) is 0 Å². The molecule has 6 nitrogen and oxygen atoms in total. The molecule has 1 aromatic rings. The van der Waals surface area contributed by atoms with E-state index in [0.29, 0.717) is 0 Å². The molecule has 0 spiro atoms. The van der Waals surface area contributed by atoms with Crippen molar-refractivity contribution in [2.75, 3.05) is 13.1 Å². The van der Waals surface area contributed by atoms with Gasteiger partial charge in [-0.15, -0.1) is 0 Å². The minimum Gasteiger partial charge on any atom is -0.481 e. The van der Waals surface area contributed by atoms with Crippen LogP contribution in [0.4, 0.5) is 4.39 Å². The number of carboxylic acids is 1. The van der Waals surface area contributed by atoms with Gasteiger partial charge >= 0.3 is 5.97 Å². The fourth-order valence-electron chi connectivity index (χ4n) is 2.45. The molecule has 1 aliphatic rings. The van der Waals surface area contributed by atoms with Crippen LogP contribution in [-0.2, 0) is 14.8 Å². The summed E-state index contributed by atoms with van der Waals surface area (Å²) in [7, 11) is -3.88. The van der Waals surface area contributed by atoms with Crippen molar-refractivity contribution in [3.63, 3.8) is 0 Å². The number of rotatable bonds is 3. The molecule has 0 amide bonds. The van der Waals surface area contributed by atoms with Gasteiger partial charge in [-0.1, -0.05) is 0 Å². The minimum absolute atomic E-state index is 0.00712. The fraction of sp³-hybridized carbons (Fsp3) is 0.462. The van der Waals surface area contributed by atoms with E-state index in [-0.39, 0.29) is 30.0 Å². The second kappa shape index (κ2) is 5.70.